The van der Waals surface area contributed by atoms with Gasteiger partial charge in [0.15, 0.2) is 0 Å². The summed E-state index contributed by atoms with van der Waals surface area (Å²) in [4.78, 5) is 9.11. The number of nitrogens with zero attached hydrogens (tertiary/aromatic N) is 2. The monoisotopic (exact) mass is 372 g/mol. The lowest BCUT2D eigenvalue weighted by Crippen LogP contribution is -2.03. The summed E-state index contributed by atoms with van der Waals surface area (Å²) in [6.45, 7) is 8.31. The van der Waals surface area contributed by atoms with E-state index in [0.717, 1.165) is 18.6 Å². The molecule has 0 aromatic carbocycles. The van der Waals surface area contributed by atoms with Crippen LogP contribution in [0.1, 0.15) is 52.4 Å². The van der Waals surface area contributed by atoms with Gasteiger partial charge in [-0.2, -0.15) is 0 Å². The average Bonchev–Trinajstić information content (AvgIpc) is 3.18. The Kier molecular flexibility index (Phi) is 6.41. The highest BCUT2D eigenvalue weighted by Crippen LogP contribution is 2.36. The topological polar surface area (TPSA) is 25.2 Å². The van der Waals surface area contributed by atoms with Crippen molar-refractivity contribution in [3.63, 3.8) is 0 Å². The summed E-state index contributed by atoms with van der Waals surface area (Å²) < 4.78 is 0. The second kappa shape index (κ2) is 8.97. The number of hydrogen-bond acceptors (Lipinski definition) is 2. The van der Waals surface area contributed by atoms with E-state index in [4.69, 9.17) is 4.98 Å². The maximum absolute atomic E-state index is 4.75. The maximum atomic E-state index is 4.75. The van der Waals surface area contributed by atoms with Crippen molar-refractivity contribution in [1.82, 2.24) is 4.98 Å². The number of rotatable bonds is 2. The Labute approximate surface area is 171 Å². The zero-order valence-corrected chi connectivity index (χ0v) is 17.7. The van der Waals surface area contributed by atoms with E-state index in [0.29, 0.717) is 5.92 Å². The molecule has 1 heterocycles. The fourth-order valence-corrected chi connectivity index (χ4v) is 3.73. The molecule has 1 atom stereocenters. The summed E-state index contributed by atoms with van der Waals surface area (Å²) in [5, 5.41) is 0. The number of allylic oxidation sites excluding steroid dienone is 12. The highest BCUT2D eigenvalue weighted by molar-refractivity contribution is 6.13. The van der Waals surface area contributed by atoms with E-state index in [-0.39, 0.29) is 1.43 Å². The van der Waals surface area contributed by atoms with E-state index < -0.39 is 0 Å². The molecule has 0 radical (unpaired) electrons. The summed E-state index contributed by atoms with van der Waals surface area (Å²) in [7, 11) is 1.84. The fourth-order valence-electron chi connectivity index (χ4n) is 3.73. The number of hydrogen-bond donors (Lipinski definition) is 0. The highest BCUT2D eigenvalue weighted by atomic mass is 14.7. The third-order valence-corrected chi connectivity index (χ3v) is 5.30. The molecular weight excluding hydrogens is 340 g/mol. The molecule has 1 aromatic rings. The van der Waals surface area contributed by atoms with Crippen molar-refractivity contribution in [3.8, 4) is 0 Å². The molecule has 0 saturated carbocycles. The predicted molar refractivity (Wildman–Crippen MR) is 125 cm³/mol. The number of pyridine rings is 1. The molecule has 4 rings (SSSR count). The SMILES string of the molecule is C/C=C1/C=C(C2=CCc3ncc(C4=CCC(C)C=C4)cc32)C=CC1=NC.CC.[HH]. The van der Waals surface area contributed by atoms with Crippen molar-refractivity contribution >= 4 is 16.9 Å². The first-order valence-electron chi connectivity index (χ1n) is 10.3. The summed E-state index contributed by atoms with van der Waals surface area (Å²) in [5.74, 6) is 0.628. The van der Waals surface area contributed by atoms with Crippen LogP contribution in [0, 0.1) is 5.92 Å². The van der Waals surface area contributed by atoms with Gasteiger partial charge in [0.05, 0.1) is 11.4 Å². The minimum absolute atomic E-state index is 0. The Balaban J connectivity index is 0.000000970. The van der Waals surface area contributed by atoms with Gasteiger partial charge < -0.3 is 0 Å². The van der Waals surface area contributed by atoms with Gasteiger partial charge in [0.1, 0.15) is 0 Å². The Hall–Kier alpha value is -2.74. The van der Waals surface area contributed by atoms with Crippen LogP contribution in [0.4, 0.5) is 0 Å². The van der Waals surface area contributed by atoms with Crippen molar-refractivity contribution in [2.45, 2.75) is 40.5 Å². The van der Waals surface area contributed by atoms with Gasteiger partial charge in [0, 0.05) is 32.2 Å². The molecule has 2 nitrogen and oxygen atoms in total. The van der Waals surface area contributed by atoms with Crippen molar-refractivity contribution < 1.29 is 1.43 Å². The van der Waals surface area contributed by atoms with E-state index in [9.17, 15) is 0 Å². The standard InChI is InChI=1S/C24H24N2.C2H6.H2/c1-4-17-13-19(9-11-23(17)25-3)21-10-12-24-22(21)14-20(15-26-24)18-7-5-16(2)6-8-18;1-2;/h4-5,7-11,13-16H,6,12H2,1-3H3;1-2H3;1H/b17-4-,25-23?;;. The van der Waals surface area contributed by atoms with Crippen molar-refractivity contribution in [2.75, 3.05) is 7.05 Å². The predicted octanol–water partition coefficient (Wildman–Crippen LogP) is 6.79. The quantitative estimate of drug-likeness (QED) is 0.561. The molecule has 2 heteroatoms. The third kappa shape index (κ3) is 3.91. The molecule has 146 valence electrons. The smallest absolute Gasteiger partial charge is 0.0640 e. The number of aliphatic imine (C=N–C) groups is 1. The second-order valence-corrected chi connectivity index (χ2v) is 7.06. The van der Waals surface area contributed by atoms with Gasteiger partial charge >= 0.3 is 0 Å². The lowest BCUT2D eigenvalue weighted by molar-refractivity contribution is 0.739. The summed E-state index contributed by atoms with van der Waals surface area (Å²) >= 11 is 0. The molecule has 1 aromatic heterocycles. The summed E-state index contributed by atoms with van der Waals surface area (Å²) in [6.07, 6.45) is 21.8. The first-order chi connectivity index (χ1) is 13.7. The van der Waals surface area contributed by atoms with E-state index in [2.05, 4.69) is 73.5 Å². The molecular formula is C26H32N2. The van der Waals surface area contributed by atoms with E-state index in [1.54, 1.807) is 0 Å². The first kappa shape index (κ1) is 20.0. The van der Waals surface area contributed by atoms with Crippen LogP contribution in [-0.4, -0.2) is 17.7 Å². The van der Waals surface area contributed by atoms with Crippen LogP contribution in [0.25, 0.3) is 11.1 Å². The molecule has 0 fully saturated rings. The summed E-state index contributed by atoms with van der Waals surface area (Å²) in [6, 6.07) is 2.31. The Morgan fingerprint density at radius 1 is 1.14 bits per heavy atom. The van der Waals surface area contributed by atoms with Crippen LogP contribution in [0.5, 0.6) is 0 Å². The first-order valence-corrected chi connectivity index (χ1v) is 10.3. The van der Waals surface area contributed by atoms with Crippen molar-refractivity contribution in [1.29, 1.82) is 0 Å². The zero-order valence-electron chi connectivity index (χ0n) is 17.7. The van der Waals surface area contributed by atoms with Gasteiger partial charge in [-0.3, -0.25) is 9.98 Å². The molecule has 0 saturated heterocycles. The Bertz CT molecular complexity index is 968. The van der Waals surface area contributed by atoms with E-state index >= 15 is 0 Å². The molecule has 0 N–H and O–H groups in total. The average molecular weight is 373 g/mol. The molecule has 3 aliphatic rings. The fraction of sp³-hybridized carbons (Fsp3) is 0.308. The van der Waals surface area contributed by atoms with Crippen LogP contribution in [0.15, 0.2) is 77.0 Å². The lowest BCUT2D eigenvalue weighted by atomic mass is 9.90. The van der Waals surface area contributed by atoms with Gasteiger partial charge in [0.2, 0.25) is 0 Å². The summed E-state index contributed by atoms with van der Waals surface area (Å²) in [5.41, 5.74) is 9.67. The highest BCUT2D eigenvalue weighted by Gasteiger charge is 2.21. The zero-order chi connectivity index (χ0) is 20.1. The third-order valence-electron chi connectivity index (χ3n) is 5.30. The van der Waals surface area contributed by atoms with Crippen molar-refractivity contribution in [2.24, 2.45) is 10.9 Å². The Morgan fingerprint density at radius 3 is 2.64 bits per heavy atom. The Morgan fingerprint density at radius 2 is 1.96 bits per heavy atom. The van der Waals surface area contributed by atoms with E-state index in [1.165, 1.54) is 39.1 Å². The number of aromatic nitrogens is 1. The van der Waals surface area contributed by atoms with Gasteiger partial charge in [-0.15, -0.1) is 0 Å². The van der Waals surface area contributed by atoms with Gasteiger partial charge in [-0.25, -0.2) is 0 Å². The van der Waals surface area contributed by atoms with Gasteiger partial charge in [-0.05, 0) is 59.8 Å². The molecule has 0 spiro atoms. The number of fused-ring (bicyclic) bond motifs is 1. The minimum atomic E-state index is 0. The normalized spacial score (nSPS) is 23.0. The van der Waals surface area contributed by atoms with Crippen LogP contribution < -0.4 is 0 Å². The van der Waals surface area contributed by atoms with Gasteiger partial charge in [-0.1, -0.05) is 57.2 Å². The van der Waals surface area contributed by atoms with Crippen LogP contribution in [0.3, 0.4) is 0 Å². The second-order valence-electron chi connectivity index (χ2n) is 7.06. The van der Waals surface area contributed by atoms with Crippen molar-refractivity contribution in [3.05, 3.63) is 88.8 Å². The van der Waals surface area contributed by atoms with Crippen LogP contribution in [0.2, 0.25) is 0 Å². The molecule has 1 unspecified atom stereocenters. The minimum Gasteiger partial charge on any atom is -0.288 e. The molecule has 0 aliphatic heterocycles. The molecule has 3 aliphatic carbocycles. The van der Waals surface area contributed by atoms with Crippen LogP contribution in [-0.2, 0) is 6.42 Å². The van der Waals surface area contributed by atoms with E-state index in [1.807, 2.05) is 27.1 Å². The van der Waals surface area contributed by atoms with Gasteiger partial charge in [0.25, 0.3) is 0 Å². The maximum Gasteiger partial charge on any atom is 0.0640 e. The largest absolute Gasteiger partial charge is 0.288 e. The molecule has 0 amide bonds. The molecule has 28 heavy (non-hydrogen) atoms. The van der Waals surface area contributed by atoms with Crippen LogP contribution >= 0.6 is 0 Å². The lowest BCUT2D eigenvalue weighted by Gasteiger charge is -2.16. The molecule has 0 bridgehead atoms.